The van der Waals surface area contributed by atoms with E-state index >= 15 is 0 Å². The van der Waals surface area contributed by atoms with Gasteiger partial charge in [-0.05, 0) is 25.5 Å². The lowest BCUT2D eigenvalue weighted by Crippen LogP contribution is -2.58. The lowest BCUT2D eigenvalue weighted by atomic mass is 10.1. The van der Waals surface area contributed by atoms with Crippen LogP contribution in [0, 0.1) is 6.92 Å². The summed E-state index contributed by atoms with van der Waals surface area (Å²) in [6, 6.07) is -0.288. The van der Waals surface area contributed by atoms with E-state index in [9.17, 15) is 9.59 Å². The smallest absolute Gasteiger partial charge is 0.267 e. The van der Waals surface area contributed by atoms with Crippen LogP contribution in [0.25, 0.3) is 0 Å². The zero-order chi connectivity index (χ0) is 14.9. The summed E-state index contributed by atoms with van der Waals surface area (Å²) in [5, 5.41) is 3.87. The highest BCUT2D eigenvalue weighted by Crippen LogP contribution is 2.17. The lowest BCUT2D eigenvalue weighted by molar-refractivity contribution is -0.135. The first-order valence-corrected chi connectivity index (χ1v) is 7.18. The zero-order valence-corrected chi connectivity index (χ0v) is 13.0. The summed E-state index contributed by atoms with van der Waals surface area (Å²) >= 11 is 1.11. The van der Waals surface area contributed by atoms with Gasteiger partial charge >= 0.3 is 0 Å². The van der Waals surface area contributed by atoms with Gasteiger partial charge in [0.15, 0.2) is 0 Å². The van der Waals surface area contributed by atoms with Gasteiger partial charge in [-0.25, -0.2) is 0 Å². The topological polar surface area (TPSA) is 69.6 Å². The van der Waals surface area contributed by atoms with Crippen molar-refractivity contribution in [2.24, 2.45) is 0 Å². The predicted molar refractivity (Wildman–Crippen MR) is 75.7 cm³/mol. The van der Waals surface area contributed by atoms with E-state index in [0.717, 1.165) is 11.5 Å². The molecule has 0 bridgehead atoms. The molecular formula is C12H19N5O2S. The summed E-state index contributed by atoms with van der Waals surface area (Å²) in [4.78, 5) is 30.4. The van der Waals surface area contributed by atoms with Gasteiger partial charge in [-0.2, -0.15) is 0 Å². The zero-order valence-electron chi connectivity index (χ0n) is 12.2. The number of carbonyl (C=O) groups excluding carboxylic acids is 2. The van der Waals surface area contributed by atoms with Crippen LogP contribution < -0.4 is 0 Å². The van der Waals surface area contributed by atoms with Crippen molar-refractivity contribution in [3.05, 3.63) is 10.6 Å². The monoisotopic (exact) mass is 297 g/mol. The van der Waals surface area contributed by atoms with Crippen molar-refractivity contribution in [1.29, 1.82) is 0 Å². The van der Waals surface area contributed by atoms with Gasteiger partial charge in [0.05, 0.1) is 5.69 Å². The fraction of sp³-hybridized carbons (Fsp3) is 0.667. The molecule has 1 aromatic heterocycles. The highest BCUT2D eigenvalue weighted by molar-refractivity contribution is 7.07. The average Bonchev–Trinajstić information content (AvgIpc) is 2.84. The second kappa shape index (κ2) is 5.84. The van der Waals surface area contributed by atoms with E-state index in [4.69, 9.17) is 0 Å². The Kier molecular flexibility index (Phi) is 4.34. The molecule has 1 atom stereocenters. The summed E-state index contributed by atoms with van der Waals surface area (Å²) in [5.74, 6) is -0.0636. The maximum absolute atomic E-state index is 12.4. The molecule has 20 heavy (non-hydrogen) atoms. The minimum Gasteiger partial charge on any atom is -0.347 e. The van der Waals surface area contributed by atoms with Crippen LogP contribution in [0.15, 0.2) is 0 Å². The van der Waals surface area contributed by atoms with Crippen molar-refractivity contribution in [3.63, 3.8) is 0 Å². The third-order valence-corrected chi connectivity index (χ3v) is 4.32. The fourth-order valence-electron chi connectivity index (χ4n) is 2.19. The van der Waals surface area contributed by atoms with Gasteiger partial charge in [-0.15, -0.1) is 5.10 Å². The number of hydrogen-bond donors (Lipinski definition) is 0. The number of nitrogens with zero attached hydrogens (tertiary/aromatic N) is 5. The molecule has 1 aliphatic heterocycles. The van der Waals surface area contributed by atoms with Crippen molar-refractivity contribution < 1.29 is 9.59 Å². The average molecular weight is 297 g/mol. The molecule has 0 spiro atoms. The number of aryl methyl sites for hydroxylation is 1. The molecule has 2 rings (SSSR count). The number of aromatic nitrogens is 2. The van der Waals surface area contributed by atoms with E-state index in [1.54, 1.807) is 30.8 Å². The molecule has 1 saturated heterocycles. The molecule has 110 valence electrons. The second-order valence-corrected chi connectivity index (χ2v) is 5.92. The Bertz CT molecular complexity index is 516. The molecule has 2 heterocycles. The van der Waals surface area contributed by atoms with Gasteiger partial charge in [0.25, 0.3) is 5.91 Å². The summed E-state index contributed by atoms with van der Waals surface area (Å²) < 4.78 is 3.79. The summed E-state index contributed by atoms with van der Waals surface area (Å²) in [5.41, 5.74) is 0.648. The van der Waals surface area contributed by atoms with Crippen LogP contribution in [0.2, 0.25) is 0 Å². The molecule has 0 N–H and O–H groups in total. The van der Waals surface area contributed by atoms with Gasteiger partial charge in [0, 0.05) is 33.7 Å². The van der Waals surface area contributed by atoms with Crippen LogP contribution in [0.3, 0.4) is 0 Å². The van der Waals surface area contributed by atoms with Gasteiger partial charge in [0.2, 0.25) is 5.91 Å². The molecule has 0 unspecified atom stereocenters. The quantitative estimate of drug-likeness (QED) is 0.749. The van der Waals surface area contributed by atoms with E-state index in [2.05, 4.69) is 9.59 Å². The van der Waals surface area contributed by atoms with Gasteiger partial charge in [-0.3, -0.25) is 14.5 Å². The van der Waals surface area contributed by atoms with Crippen LogP contribution >= 0.6 is 11.5 Å². The van der Waals surface area contributed by atoms with Gasteiger partial charge < -0.3 is 9.80 Å². The Hall–Kier alpha value is -1.54. The maximum atomic E-state index is 12.4. The third kappa shape index (κ3) is 2.80. The molecule has 1 aliphatic rings. The Morgan fingerprint density at radius 1 is 1.35 bits per heavy atom. The summed E-state index contributed by atoms with van der Waals surface area (Å²) in [6.07, 6.45) is 0. The Labute approximate surface area is 122 Å². The highest BCUT2D eigenvalue weighted by Gasteiger charge is 2.34. The molecular weight excluding hydrogens is 278 g/mol. The molecule has 8 heteroatoms. The third-order valence-electron chi connectivity index (χ3n) is 3.51. The molecule has 7 nitrogen and oxygen atoms in total. The van der Waals surface area contributed by atoms with Crippen LogP contribution in [0.5, 0.6) is 0 Å². The number of hydrogen-bond acceptors (Lipinski definition) is 6. The minimum atomic E-state index is -0.288. The van der Waals surface area contributed by atoms with Crippen LogP contribution in [0.4, 0.5) is 0 Å². The first-order chi connectivity index (χ1) is 9.41. The normalized spacial score (nSPS) is 20.0. The molecule has 0 radical (unpaired) electrons. The lowest BCUT2D eigenvalue weighted by Gasteiger charge is -2.39. The first-order valence-electron chi connectivity index (χ1n) is 6.41. The first kappa shape index (κ1) is 14.9. The molecule has 2 amide bonds. The molecule has 1 aromatic rings. The molecule has 0 aromatic carbocycles. The van der Waals surface area contributed by atoms with E-state index in [0.29, 0.717) is 30.2 Å². The number of rotatable bonds is 2. The van der Waals surface area contributed by atoms with Crippen LogP contribution in [-0.2, 0) is 4.79 Å². The minimum absolute atomic E-state index is 0.0177. The second-order valence-electron chi connectivity index (χ2n) is 5.17. The SMILES string of the molecule is Cc1nnsc1C(=O)N1CCN(C)[C@@H](C(=O)N(C)C)C1. The van der Waals surface area contributed by atoms with Gasteiger partial charge in [-0.1, -0.05) is 4.49 Å². The number of amides is 2. The molecule has 1 fully saturated rings. The summed E-state index contributed by atoms with van der Waals surface area (Å²) in [7, 11) is 5.37. The maximum Gasteiger partial charge on any atom is 0.267 e. The van der Waals surface area contributed by atoms with E-state index in [1.165, 1.54) is 0 Å². The highest BCUT2D eigenvalue weighted by atomic mass is 32.1. The fourth-order valence-corrected chi connectivity index (χ4v) is 2.82. The largest absolute Gasteiger partial charge is 0.347 e. The van der Waals surface area contributed by atoms with E-state index in [-0.39, 0.29) is 17.9 Å². The van der Waals surface area contributed by atoms with Gasteiger partial charge in [0.1, 0.15) is 10.9 Å². The van der Waals surface area contributed by atoms with E-state index in [1.807, 2.05) is 11.9 Å². The standard InChI is InChI=1S/C12H19N5O2S/c1-8-10(20-14-13-8)12(19)17-6-5-16(4)9(7-17)11(18)15(2)3/h9H,5-7H2,1-4H3/t9-/m1/s1. The molecule has 0 saturated carbocycles. The van der Waals surface area contributed by atoms with Crippen LogP contribution in [0.1, 0.15) is 15.4 Å². The molecule has 0 aliphatic carbocycles. The summed E-state index contributed by atoms with van der Waals surface area (Å²) in [6.45, 7) is 3.48. The number of likely N-dealkylation sites (N-methyl/N-ethyl adjacent to an activating group) is 2. The van der Waals surface area contributed by atoms with Crippen molar-refractivity contribution >= 4 is 23.3 Å². The number of carbonyl (C=O) groups is 2. The van der Waals surface area contributed by atoms with Crippen molar-refractivity contribution in [1.82, 2.24) is 24.3 Å². The van der Waals surface area contributed by atoms with E-state index < -0.39 is 0 Å². The van der Waals surface area contributed by atoms with Crippen LogP contribution in [-0.4, -0.2) is 82.9 Å². The van der Waals surface area contributed by atoms with Crippen molar-refractivity contribution in [3.8, 4) is 0 Å². The number of piperazine rings is 1. The van der Waals surface area contributed by atoms with Crippen molar-refractivity contribution in [2.75, 3.05) is 40.8 Å². The Morgan fingerprint density at radius 3 is 2.60 bits per heavy atom. The van der Waals surface area contributed by atoms with Crippen molar-refractivity contribution in [2.45, 2.75) is 13.0 Å². The Balaban J connectivity index is 2.13. The Morgan fingerprint density at radius 2 is 2.05 bits per heavy atom. The predicted octanol–water partition coefficient (Wildman–Crippen LogP) is -0.309.